The van der Waals surface area contributed by atoms with Crippen molar-refractivity contribution in [3.8, 4) is 0 Å². The van der Waals surface area contributed by atoms with E-state index < -0.39 is 101 Å². The van der Waals surface area contributed by atoms with Crippen LogP contribution < -0.4 is 28.3 Å². The van der Waals surface area contributed by atoms with E-state index in [1.165, 1.54) is 0 Å². The van der Waals surface area contributed by atoms with E-state index in [0.717, 1.165) is 6.92 Å². The van der Waals surface area contributed by atoms with Crippen LogP contribution in [0.1, 0.15) is 52.9 Å². The second kappa shape index (κ2) is 14.2. The molecule has 0 aliphatic carbocycles. The van der Waals surface area contributed by atoms with E-state index >= 15 is 0 Å². The van der Waals surface area contributed by atoms with Gasteiger partial charge in [0.1, 0.15) is 11.3 Å². The Labute approximate surface area is 236 Å². The summed E-state index contributed by atoms with van der Waals surface area (Å²) < 4.78 is 0. The summed E-state index contributed by atoms with van der Waals surface area (Å²) in [4.78, 5) is 93.3. The van der Waals surface area contributed by atoms with E-state index in [4.69, 9.17) is 28.0 Å². The molecule has 41 heavy (non-hydrogen) atoms. The largest absolute Gasteiger partial charge is 0.481 e. The number of Topliss-reactive ketones (excluding diaryl/α,β-unsaturated/α-hetero) is 4. The Morgan fingerprint density at radius 1 is 0.927 bits per heavy atom. The van der Waals surface area contributed by atoms with Gasteiger partial charge in [-0.3, -0.25) is 28.8 Å². The number of aliphatic hydroxyl groups is 1. The monoisotopic (exact) mass is 587 g/mol. The molecule has 1 fully saturated rings. The van der Waals surface area contributed by atoms with E-state index in [2.05, 4.69) is 5.32 Å². The van der Waals surface area contributed by atoms with Crippen molar-refractivity contribution in [3.05, 3.63) is 0 Å². The van der Waals surface area contributed by atoms with Gasteiger partial charge >= 0.3 is 17.9 Å². The molecule has 0 aromatic heterocycles. The summed E-state index contributed by atoms with van der Waals surface area (Å²) >= 11 is 0. The second-order valence-electron chi connectivity index (χ2n) is 10.9. The van der Waals surface area contributed by atoms with Crippen LogP contribution in [0, 0.1) is 17.3 Å². The third kappa shape index (κ3) is 7.02. The summed E-state index contributed by atoms with van der Waals surface area (Å²) in [7, 11) is 0. The van der Waals surface area contributed by atoms with Crippen LogP contribution in [0.5, 0.6) is 0 Å². The van der Waals surface area contributed by atoms with E-state index in [1.54, 1.807) is 13.8 Å². The highest BCUT2D eigenvalue weighted by atomic mass is 16.4. The molecule has 1 rings (SSSR count). The molecule has 1 saturated heterocycles. The van der Waals surface area contributed by atoms with Gasteiger partial charge in [0.05, 0.1) is 30.3 Å². The standard InChI is InChI=1S/C25H41N5O11/c1-10(2)9-13(27)18(34)16(22(38)39)24(20(36)14-5-4-8-30-14,19(35)12(26)6-7-15(32)33)25(29,23(40)41)21(37)17(28)11(3)31/h10-14,16-17,30-31H,4-9,26-29H2,1-3H3,(H,32,33)(H,38,39)(H,40,41). The van der Waals surface area contributed by atoms with Gasteiger partial charge in [0.2, 0.25) is 0 Å². The molecule has 8 unspecified atom stereocenters. The molecule has 232 valence electrons. The van der Waals surface area contributed by atoms with Crippen LogP contribution >= 0.6 is 0 Å². The molecule has 1 aliphatic heterocycles. The number of rotatable bonds is 18. The minimum Gasteiger partial charge on any atom is -0.481 e. The predicted octanol–water partition coefficient (Wildman–Crippen LogP) is -3.24. The summed E-state index contributed by atoms with van der Waals surface area (Å²) in [6, 6.07) is -7.37. The zero-order valence-electron chi connectivity index (χ0n) is 23.2. The lowest BCUT2D eigenvalue weighted by molar-refractivity contribution is -0.178. The molecule has 13 N–H and O–H groups in total. The average Bonchev–Trinajstić information content (AvgIpc) is 3.41. The van der Waals surface area contributed by atoms with Crippen molar-refractivity contribution in [2.24, 2.45) is 40.2 Å². The molecule has 0 amide bonds. The maximum absolute atomic E-state index is 14.4. The first-order valence-corrected chi connectivity index (χ1v) is 13.1. The molecule has 1 heterocycles. The van der Waals surface area contributed by atoms with E-state index in [9.17, 15) is 48.9 Å². The minimum absolute atomic E-state index is 0.0663. The number of carboxylic acid groups (broad SMARTS) is 3. The number of carbonyl (C=O) groups is 7. The maximum atomic E-state index is 14.4. The Hall–Kier alpha value is -3.15. The van der Waals surface area contributed by atoms with Crippen LogP contribution in [0.4, 0.5) is 0 Å². The Morgan fingerprint density at radius 2 is 1.49 bits per heavy atom. The Bertz CT molecular complexity index is 1060. The lowest BCUT2D eigenvalue weighted by atomic mass is 9.51. The highest BCUT2D eigenvalue weighted by molar-refractivity contribution is 6.29. The normalized spacial score (nSPS) is 21.9. The van der Waals surface area contributed by atoms with Crippen molar-refractivity contribution < 1.29 is 54.0 Å². The number of hydrogen-bond donors (Lipinski definition) is 9. The molecule has 0 aromatic carbocycles. The summed E-state index contributed by atoms with van der Waals surface area (Å²) in [6.45, 7) is 4.40. The Balaban J connectivity index is 4.37. The molecule has 0 radical (unpaired) electrons. The molecule has 0 aromatic rings. The number of nitrogens with one attached hydrogen (secondary N) is 1. The fraction of sp³-hybridized carbons (Fsp3) is 0.720. The molecule has 0 bridgehead atoms. The lowest BCUT2D eigenvalue weighted by Crippen LogP contribution is -2.81. The SMILES string of the molecule is CC(C)CC(N)C(=O)C(C(=O)O)C(C(=O)C(N)CCC(=O)O)(C(=O)C1CCCN1)C(N)(C(=O)O)C(=O)C(N)C(C)O. The number of aliphatic carboxylic acids is 3. The van der Waals surface area contributed by atoms with Gasteiger partial charge in [-0.1, -0.05) is 13.8 Å². The number of carboxylic acids is 3. The summed E-state index contributed by atoms with van der Waals surface area (Å²) in [5, 5.41) is 42.7. The van der Waals surface area contributed by atoms with Crippen LogP contribution in [-0.2, 0) is 33.6 Å². The van der Waals surface area contributed by atoms with Crippen LogP contribution in [0.25, 0.3) is 0 Å². The van der Waals surface area contributed by atoms with Crippen molar-refractivity contribution in [3.63, 3.8) is 0 Å². The van der Waals surface area contributed by atoms with Gasteiger partial charge in [-0.25, -0.2) is 4.79 Å². The van der Waals surface area contributed by atoms with Crippen molar-refractivity contribution in [1.29, 1.82) is 0 Å². The fourth-order valence-corrected chi connectivity index (χ4v) is 5.22. The third-order valence-corrected chi connectivity index (χ3v) is 7.39. The highest BCUT2D eigenvalue weighted by Gasteiger charge is 2.75. The molecular formula is C25H41N5O11. The minimum atomic E-state index is -3.88. The number of ketones is 4. The topological polar surface area (TPSA) is 317 Å². The van der Waals surface area contributed by atoms with E-state index in [-0.39, 0.29) is 25.3 Å². The molecule has 1 aliphatic rings. The smallest absolute Gasteiger partial charge is 0.333 e. The first kappa shape index (κ1) is 35.9. The molecular weight excluding hydrogens is 546 g/mol. The predicted molar refractivity (Wildman–Crippen MR) is 141 cm³/mol. The highest BCUT2D eigenvalue weighted by Crippen LogP contribution is 2.46. The number of nitrogens with two attached hydrogens (primary N) is 4. The Morgan fingerprint density at radius 3 is 1.88 bits per heavy atom. The van der Waals surface area contributed by atoms with Crippen LogP contribution in [0.2, 0.25) is 0 Å². The molecule has 0 spiro atoms. The summed E-state index contributed by atoms with van der Waals surface area (Å²) in [5.74, 6) is -15.9. The van der Waals surface area contributed by atoms with Crippen molar-refractivity contribution >= 4 is 41.0 Å². The molecule has 16 heteroatoms. The number of carbonyl (C=O) groups excluding carboxylic acids is 4. The van der Waals surface area contributed by atoms with Crippen molar-refractivity contribution in [2.75, 3.05) is 6.54 Å². The zero-order valence-corrected chi connectivity index (χ0v) is 23.2. The number of hydrogen-bond acceptors (Lipinski definition) is 13. The summed E-state index contributed by atoms with van der Waals surface area (Å²) in [6.07, 6.45) is -3.27. The fourth-order valence-electron chi connectivity index (χ4n) is 5.22. The zero-order chi connectivity index (χ0) is 32.0. The van der Waals surface area contributed by atoms with Crippen LogP contribution in [-0.4, -0.2) is 104 Å². The van der Waals surface area contributed by atoms with Gasteiger partial charge in [-0.15, -0.1) is 0 Å². The lowest BCUT2D eigenvalue weighted by Gasteiger charge is -2.48. The van der Waals surface area contributed by atoms with Gasteiger partial charge in [0.15, 0.2) is 28.7 Å². The second-order valence-corrected chi connectivity index (χ2v) is 10.9. The van der Waals surface area contributed by atoms with E-state index in [1.807, 2.05) is 0 Å². The van der Waals surface area contributed by atoms with E-state index in [0.29, 0.717) is 6.42 Å². The van der Waals surface area contributed by atoms with Crippen LogP contribution in [0.15, 0.2) is 0 Å². The van der Waals surface area contributed by atoms with Gasteiger partial charge in [-0.2, -0.15) is 0 Å². The quantitative estimate of drug-likeness (QED) is 0.0711. The molecule has 8 atom stereocenters. The number of aliphatic hydroxyl groups excluding tert-OH is 1. The van der Waals surface area contributed by atoms with Gasteiger partial charge in [0.25, 0.3) is 0 Å². The van der Waals surface area contributed by atoms with Gasteiger partial charge in [0, 0.05) is 6.42 Å². The van der Waals surface area contributed by atoms with Crippen LogP contribution in [0.3, 0.4) is 0 Å². The third-order valence-electron chi connectivity index (χ3n) is 7.39. The molecule has 0 saturated carbocycles. The summed E-state index contributed by atoms with van der Waals surface area (Å²) in [5.41, 5.74) is 16.2. The van der Waals surface area contributed by atoms with Crippen molar-refractivity contribution in [1.82, 2.24) is 5.32 Å². The van der Waals surface area contributed by atoms with Gasteiger partial charge < -0.3 is 48.7 Å². The first-order chi connectivity index (χ1) is 18.8. The average molecular weight is 588 g/mol. The Kier molecular flexibility index (Phi) is 12.4. The van der Waals surface area contributed by atoms with Gasteiger partial charge in [-0.05, 0) is 45.1 Å². The van der Waals surface area contributed by atoms with Crippen molar-refractivity contribution in [2.45, 2.75) is 88.7 Å². The maximum Gasteiger partial charge on any atom is 0.333 e. The molecule has 16 nitrogen and oxygen atoms in total. The first-order valence-electron chi connectivity index (χ1n) is 13.1.